The number of benzene rings is 3. The summed E-state index contributed by atoms with van der Waals surface area (Å²) in [6.07, 6.45) is 2.40. The summed E-state index contributed by atoms with van der Waals surface area (Å²) in [5.74, 6) is 0.527. The second-order valence-electron chi connectivity index (χ2n) is 8.24. The van der Waals surface area contributed by atoms with Crippen molar-refractivity contribution in [2.45, 2.75) is 39.2 Å². The second kappa shape index (κ2) is 12.2. The van der Waals surface area contributed by atoms with Gasteiger partial charge in [0.1, 0.15) is 5.75 Å². The van der Waals surface area contributed by atoms with Crippen molar-refractivity contribution in [3.05, 3.63) is 89.0 Å². The first kappa shape index (κ1) is 24.5. The maximum Gasteiger partial charge on any atom is 0.251 e. The van der Waals surface area contributed by atoms with Crippen molar-refractivity contribution in [2.75, 3.05) is 19.8 Å². The van der Waals surface area contributed by atoms with E-state index in [1.807, 2.05) is 42.5 Å². The fourth-order valence-electron chi connectivity index (χ4n) is 3.73. The molecular formula is C28H33NO4. The molecule has 0 unspecified atom stereocenters. The molecule has 3 aromatic rings. The van der Waals surface area contributed by atoms with Gasteiger partial charge in [-0.2, -0.15) is 0 Å². The van der Waals surface area contributed by atoms with E-state index in [1.54, 1.807) is 0 Å². The largest absolute Gasteiger partial charge is 0.493 e. The maximum absolute atomic E-state index is 13.0. The van der Waals surface area contributed by atoms with E-state index in [-0.39, 0.29) is 19.1 Å². The normalized spacial score (nSPS) is 10.9. The highest BCUT2D eigenvalue weighted by Gasteiger charge is 2.17. The molecule has 3 N–H and O–H groups in total. The van der Waals surface area contributed by atoms with E-state index in [0.29, 0.717) is 18.6 Å². The van der Waals surface area contributed by atoms with Gasteiger partial charge in [-0.3, -0.25) is 4.79 Å². The van der Waals surface area contributed by atoms with Crippen LogP contribution in [-0.2, 0) is 12.8 Å². The first-order chi connectivity index (χ1) is 16.0. The number of carbonyl (C=O) groups excluding carboxylic acids is 1. The van der Waals surface area contributed by atoms with Crippen LogP contribution < -0.4 is 10.1 Å². The average molecular weight is 448 g/mol. The molecule has 0 heterocycles. The minimum atomic E-state index is -0.690. The number of aliphatic hydroxyl groups is 2. The van der Waals surface area contributed by atoms with Gasteiger partial charge in [-0.15, -0.1) is 0 Å². The third-order valence-electron chi connectivity index (χ3n) is 5.56. The molecule has 174 valence electrons. The molecule has 0 saturated heterocycles. The van der Waals surface area contributed by atoms with Crippen molar-refractivity contribution in [2.24, 2.45) is 0 Å². The van der Waals surface area contributed by atoms with E-state index in [2.05, 4.69) is 43.4 Å². The lowest BCUT2D eigenvalue weighted by molar-refractivity contribution is 0.0878. The predicted molar refractivity (Wildman–Crippen MR) is 132 cm³/mol. The number of aliphatic hydroxyl groups excluding tert-OH is 2. The number of aryl methyl sites for hydroxylation is 3. The molecule has 0 saturated carbocycles. The number of carbonyl (C=O) groups is 1. The Morgan fingerprint density at radius 3 is 2.42 bits per heavy atom. The molecule has 0 aliphatic rings. The molecule has 0 fully saturated rings. The molecule has 5 heteroatoms. The predicted octanol–water partition coefficient (Wildman–Crippen LogP) is 4.32. The highest BCUT2D eigenvalue weighted by Crippen LogP contribution is 2.33. The Morgan fingerprint density at radius 2 is 1.73 bits per heavy atom. The first-order valence-electron chi connectivity index (χ1n) is 11.5. The molecular weight excluding hydrogens is 414 g/mol. The average Bonchev–Trinajstić information content (AvgIpc) is 2.85. The van der Waals surface area contributed by atoms with Gasteiger partial charge in [0.2, 0.25) is 0 Å². The summed E-state index contributed by atoms with van der Waals surface area (Å²) in [4.78, 5) is 13.0. The molecule has 1 amide bonds. The second-order valence-corrected chi connectivity index (χ2v) is 8.24. The molecule has 0 atom stereocenters. The van der Waals surface area contributed by atoms with Crippen LogP contribution in [0.5, 0.6) is 5.75 Å². The van der Waals surface area contributed by atoms with E-state index < -0.39 is 6.04 Å². The van der Waals surface area contributed by atoms with Gasteiger partial charge in [0.15, 0.2) is 0 Å². The van der Waals surface area contributed by atoms with E-state index in [9.17, 15) is 15.0 Å². The van der Waals surface area contributed by atoms with Crippen LogP contribution in [0.3, 0.4) is 0 Å². The molecule has 3 aromatic carbocycles. The topological polar surface area (TPSA) is 78.8 Å². The summed E-state index contributed by atoms with van der Waals surface area (Å²) in [6.45, 7) is 4.13. The van der Waals surface area contributed by atoms with Gasteiger partial charge in [-0.05, 0) is 61.1 Å². The summed E-state index contributed by atoms with van der Waals surface area (Å²) in [7, 11) is 0. The van der Waals surface area contributed by atoms with Crippen LogP contribution in [0.2, 0.25) is 0 Å². The van der Waals surface area contributed by atoms with Gasteiger partial charge in [0.25, 0.3) is 5.91 Å². The Bertz CT molecular complexity index is 1050. The van der Waals surface area contributed by atoms with Crippen LogP contribution in [0.15, 0.2) is 66.7 Å². The van der Waals surface area contributed by atoms with Crippen LogP contribution in [0.1, 0.15) is 40.4 Å². The van der Waals surface area contributed by atoms with Crippen LogP contribution in [0, 0.1) is 6.92 Å². The van der Waals surface area contributed by atoms with E-state index in [0.717, 1.165) is 40.8 Å². The van der Waals surface area contributed by atoms with Gasteiger partial charge >= 0.3 is 0 Å². The maximum atomic E-state index is 13.0. The van der Waals surface area contributed by atoms with E-state index in [4.69, 9.17) is 4.74 Å². The smallest absolute Gasteiger partial charge is 0.251 e. The van der Waals surface area contributed by atoms with E-state index in [1.165, 1.54) is 5.56 Å². The Kier molecular flexibility index (Phi) is 9.04. The Labute approximate surface area is 196 Å². The minimum absolute atomic E-state index is 0.301. The van der Waals surface area contributed by atoms with Crippen molar-refractivity contribution < 1.29 is 19.7 Å². The Morgan fingerprint density at radius 1 is 0.970 bits per heavy atom. The van der Waals surface area contributed by atoms with Crippen LogP contribution in [0.25, 0.3) is 11.1 Å². The van der Waals surface area contributed by atoms with Crippen molar-refractivity contribution in [1.82, 2.24) is 5.32 Å². The summed E-state index contributed by atoms with van der Waals surface area (Å²) in [5.41, 5.74) is 5.78. The number of ether oxygens (including phenoxy) is 1. The number of hydrogen-bond acceptors (Lipinski definition) is 4. The van der Waals surface area contributed by atoms with Crippen LogP contribution >= 0.6 is 0 Å². The monoisotopic (exact) mass is 447 g/mol. The SMILES string of the molecule is CCCOc1ccc(C)cc1-c1ccc(C(=O)NC(CO)CO)c(CCc2ccccc2)c1. The Hall–Kier alpha value is -3.15. The molecule has 5 nitrogen and oxygen atoms in total. The fourth-order valence-corrected chi connectivity index (χ4v) is 3.73. The molecule has 0 aliphatic carbocycles. The van der Waals surface area contributed by atoms with E-state index >= 15 is 0 Å². The Balaban J connectivity index is 1.98. The molecule has 0 radical (unpaired) electrons. The van der Waals surface area contributed by atoms with Gasteiger partial charge in [0.05, 0.1) is 25.9 Å². The zero-order chi connectivity index (χ0) is 23.6. The number of amides is 1. The molecule has 3 rings (SSSR count). The number of hydrogen-bond donors (Lipinski definition) is 3. The standard InChI is InChI=1S/C28H33NO4/c1-3-15-33-27-14-9-20(2)16-26(27)23-12-13-25(28(32)29-24(18-30)19-31)22(17-23)11-10-21-7-5-4-6-8-21/h4-9,12-14,16-17,24,30-31H,3,10-11,15,18-19H2,1-2H3,(H,29,32). The third kappa shape index (κ3) is 6.67. The zero-order valence-electron chi connectivity index (χ0n) is 19.4. The number of nitrogens with one attached hydrogen (secondary N) is 1. The fraction of sp³-hybridized carbons (Fsp3) is 0.321. The lowest BCUT2D eigenvalue weighted by atomic mass is 9.93. The lowest BCUT2D eigenvalue weighted by Gasteiger charge is -2.18. The van der Waals surface area contributed by atoms with Crippen molar-refractivity contribution in [3.63, 3.8) is 0 Å². The summed E-state index contributed by atoms with van der Waals surface area (Å²) in [6, 6.07) is 21.4. The highest BCUT2D eigenvalue weighted by molar-refractivity contribution is 5.96. The molecule has 0 spiro atoms. The highest BCUT2D eigenvalue weighted by atomic mass is 16.5. The summed E-state index contributed by atoms with van der Waals surface area (Å²) in [5, 5.41) is 21.5. The molecule has 0 bridgehead atoms. The van der Waals surface area contributed by atoms with Crippen molar-refractivity contribution >= 4 is 5.91 Å². The molecule has 0 aromatic heterocycles. The van der Waals surface area contributed by atoms with Crippen molar-refractivity contribution in [3.8, 4) is 16.9 Å². The quantitative estimate of drug-likeness (QED) is 0.409. The van der Waals surface area contributed by atoms with Gasteiger partial charge < -0.3 is 20.3 Å². The lowest BCUT2D eigenvalue weighted by Crippen LogP contribution is -2.40. The minimum Gasteiger partial charge on any atom is -0.493 e. The summed E-state index contributed by atoms with van der Waals surface area (Å²) >= 11 is 0. The van der Waals surface area contributed by atoms with Crippen LogP contribution in [-0.4, -0.2) is 42.0 Å². The van der Waals surface area contributed by atoms with Crippen LogP contribution in [0.4, 0.5) is 0 Å². The van der Waals surface area contributed by atoms with Gasteiger partial charge in [0, 0.05) is 11.1 Å². The number of rotatable bonds is 11. The third-order valence-corrected chi connectivity index (χ3v) is 5.56. The molecule has 0 aliphatic heterocycles. The van der Waals surface area contributed by atoms with Gasteiger partial charge in [-0.25, -0.2) is 0 Å². The van der Waals surface area contributed by atoms with Crippen molar-refractivity contribution in [1.29, 1.82) is 0 Å². The first-order valence-corrected chi connectivity index (χ1v) is 11.5. The van der Waals surface area contributed by atoms with Gasteiger partial charge in [-0.1, -0.05) is 61.0 Å². The molecule has 33 heavy (non-hydrogen) atoms. The zero-order valence-corrected chi connectivity index (χ0v) is 19.4. The summed E-state index contributed by atoms with van der Waals surface area (Å²) < 4.78 is 5.99.